The number of rotatable bonds is 2. The highest BCUT2D eigenvalue weighted by Crippen LogP contribution is 2.19. The SMILES string of the molecule is O=C(Nc1ccc2oc(=O)ccc2c1)C(=O)Nc1ccc2oc(=O)ccc2c1. The molecule has 8 nitrogen and oxygen atoms in total. The minimum Gasteiger partial charge on any atom is -0.423 e. The Labute approximate surface area is 156 Å². The van der Waals surface area contributed by atoms with Gasteiger partial charge >= 0.3 is 23.1 Å². The molecule has 2 N–H and O–H groups in total. The highest BCUT2D eigenvalue weighted by molar-refractivity contribution is 6.43. The van der Waals surface area contributed by atoms with Crippen LogP contribution >= 0.6 is 0 Å². The summed E-state index contributed by atoms with van der Waals surface area (Å²) < 4.78 is 10.0. The Hall–Kier alpha value is -4.20. The Morgan fingerprint density at radius 1 is 0.607 bits per heavy atom. The Morgan fingerprint density at radius 3 is 1.46 bits per heavy atom. The molecule has 0 saturated carbocycles. The van der Waals surface area contributed by atoms with Crippen LogP contribution in [0, 0.1) is 0 Å². The Kier molecular flexibility index (Phi) is 4.21. The van der Waals surface area contributed by atoms with E-state index in [2.05, 4.69) is 10.6 Å². The molecule has 0 saturated heterocycles. The van der Waals surface area contributed by atoms with Crippen molar-refractivity contribution in [3.05, 3.63) is 81.5 Å². The lowest BCUT2D eigenvalue weighted by molar-refractivity contribution is -0.132. The number of anilines is 2. The van der Waals surface area contributed by atoms with Gasteiger partial charge in [0, 0.05) is 34.3 Å². The van der Waals surface area contributed by atoms with Crippen molar-refractivity contribution >= 4 is 45.1 Å². The lowest BCUT2D eigenvalue weighted by atomic mass is 10.2. The molecule has 0 aliphatic heterocycles. The molecule has 0 atom stereocenters. The van der Waals surface area contributed by atoms with E-state index in [1.54, 1.807) is 24.3 Å². The summed E-state index contributed by atoms with van der Waals surface area (Å²) in [5.41, 5.74) is 0.552. The zero-order valence-corrected chi connectivity index (χ0v) is 14.2. The largest absolute Gasteiger partial charge is 0.423 e. The Morgan fingerprint density at radius 2 is 1.04 bits per heavy atom. The predicted octanol–water partition coefficient (Wildman–Crippen LogP) is 2.48. The van der Waals surface area contributed by atoms with Crippen LogP contribution in [0.1, 0.15) is 0 Å². The van der Waals surface area contributed by atoms with Crippen molar-refractivity contribution < 1.29 is 18.4 Å². The molecule has 0 radical (unpaired) electrons. The van der Waals surface area contributed by atoms with E-state index in [0.717, 1.165) is 0 Å². The minimum absolute atomic E-state index is 0.373. The number of hydrogen-bond donors (Lipinski definition) is 2. The maximum absolute atomic E-state index is 12.2. The van der Waals surface area contributed by atoms with Crippen LogP contribution < -0.4 is 21.9 Å². The summed E-state index contributed by atoms with van der Waals surface area (Å²) in [5.74, 6) is -1.73. The monoisotopic (exact) mass is 376 g/mol. The number of carbonyl (C=O) groups is 2. The van der Waals surface area contributed by atoms with Crippen LogP contribution in [0.2, 0.25) is 0 Å². The fourth-order valence-corrected chi connectivity index (χ4v) is 2.67. The van der Waals surface area contributed by atoms with Crippen molar-refractivity contribution in [3.8, 4) is 0 Å². The quantitative estimate of drug-likeness (QED) is 0.410. The molecule has 0 unspecified atom stereocenters. The van der Waals surface area contributed by atoms with Gasteiger partial charge in [0.05, 0.1) is 0 Å². The first-order valence-electron chi connectivity index (χ1n) is 8.18. The molecule has 2 amide bonds. The van der Waals surface area contributed by atoms with Gasteiger partial charge in [0.25, 0.3) is 0 Å². The van der Waals surface area contributed by atoms with Crippen molar-refractivity contribution in [3.63, 3.8) is 0 Å². The molecule has 4 aromatic rings. The number of benzene rings is 2. The zero-order valence-electron chi connectivity index (χ0n) is 14.2. The molecular weight excluding hydrogens is 364 g/mol. The van der Waals surface area contributed by atoms with E-state index in [1.807, 2.05) is 0 Å². The van der Waals surface area contributed by atoms with E-state index in [4.69, 9.17) is 8.83 Å². The van der Waals surface area contributed by atoms with Gasteiger partial charge in [-0.2, -0.15) is 0 Å². The van der Waals surface area contributed by atoms with Crippen molar-refractivity contribution in [2.45, 2.75) is 0 Å². The topological polar surface area (TPSA) is 119 Å². The molecular formula is C20H12N2O6. The molecule has 0 aliphatic rings. The molecule has 0 bridgehead atoms. The first kappa shape index (κ1) is 17.2. The number of carbonyl (C=O) groups excluding carboxylic acids is 2. The third-order valence-electron chi connectivity index (χ3n) is 3.96. The number of fused-ring (bicyclic) bond motifs is 2. The van der Waals surface area contributed by atoms with E-state index < -0.39 is 23.1 Å². The standard InChI is InChI=1S/C20H12N2O6/c23-17-7-1-11-9-13(3-5-15(11)27-17)21-19(25)20(26)22-14-4-6-16-12(10-14)2-8-18(24)28-16/h1-10H,(H,21,25)(H,22,26). The first-order chi connectivity index (χ1) is 13.5. The summed E-state index contributed by atoms with van der Waals surface area (Å²) >= 11 is 0. The molecule has 2 heterocycles. The van der Waals surface area contributed by atoms with E-state index in [9.17, 15) is 19.2 Å². The van der Waals surface area contributed by atoms with Gasteiger partial charge in [-0.3, -0.25) is 9.59 Å². The fourth-order valence-electron chi connectivity index (χ4n) is 2.67. The molecule has 8 heteroatoms. The summed E-state index contributed by atoms with van der Waals surface area (Å²) in [5, 5.41) is 6.18. The normalized spacial score (nSPS) is 10.7. The smallest absolute Gasteiger partial charge is 0.336 e. The maximum atomic E-state index is 12.2. The second-order valence-corrected chi connectivity index (χ2v) is 5.92. The molecule has 2 aromatic heterocycles. The van der Waals surface area contributed by atoms with Crippen LogP contribution in [-0.2, 0) is 9.59 Å². The summed E-state index contributed by atoms with van der Waals surface area (Å²) in [6, 6.07) is 14.9. The van der Waals surface area contributed by atoms with E-state index in [-0.39, 0.29) is 0 Å². The molecule has 2 aromatic carbocycles. The van der Waals surface area contributed by atoms with Crippen LogP contribution in [0.4, 0.5) is 11.4 Å². The van der Waals surface area contributed by atoms with Crippen LogP contribution in [0.5, 0.6) is 0 Å². The van der Waals surface area contributed by atoms with Gasteiger partial charge in [0.2, 0.25) is 0 Å². The third-order valence-corrected chi connectivity index (χ3v) is 3.96. The molecule has 0 fully saturated rings. The maximum Gasteiger partial charge on any atom is 0.336 e. The number of nitrogens with one attached hydrogen (secondary N) is 2. The molecule has 28 heavy (non-hydrogen) atoms. The second-order valence-electron chi connectivity index (χ2n) is 5.92. The van der Waals surface area contributed by atoms with Crippen LogP contribution in [0.3, 0.4) is 0 Å². The predicted molar refractivity (Wildman–Crippen MR) is 102 cm³/mol. The molecule has 138 valence electrons. The van der Waals surface area contributed by atoms with Crippen LogP contribution in [0.25, 0.3) is 21.9 Å². The van der Waals surface area contributed by atoms with Gasteiger partial charge in [-0.1, -0.05) is 0 Å². The van der Waals surface area contributed by atoms with Gasteiger partial charge in [0.1, 0.15) is 11.2 Å². The highest BCUT2D eigenvalue weighted by Gasteiger charge is 2.15. The van der Waals surface area contributed by atoms with Crippen LogP contribution in [-0.4, -0.2) is 11.8 Å². The second kappa shape index (κ2) is 6.84. The van der Waals surface area contributed by atoms with Crippen molar-refractivity contribution in [1.82, 2.24) is 0 Å². The van der Waals surface area contributed by atoms with E-state index in [1.165, 1.54) is 36.4 Å². The molecule has 4 rings (SSSR count). The van der Waals surface area contributed by atoms with Gasteiger partial charge in [-0.25, -0.2) is 9.59 Å². The number of hydrogen-bond acceptors (Lipinski definition) is 6. The highest BCUT2D eigenvalue weighted by atomic mass is 16.4. The summed E-state index contributed by atoms with van der Waals surface area (Å²) in [6.07, 6.45) is 0. The average Bonchev–Trinajstić information content (AvgIpc) is 2.68. The fraction of sp³-hybridized carbons (Fsp3) is 0. The van der Waals surface area contributed by atoms with Gasteiger partial charge < -0.3 is 19.5 Å². The van der Waals surface area contributed by atoms with E-state index in [0.29, 0.717) is 33.3 Å². The summed E-state index contributed by atoms with van der Waals surface area (Å²) in [7, 11) is 0. The Bertz CT molecular complexity index is 1250. The lowest BCUT2D eigenvalue weighted by Crippen LogP contribution is -2.29. The Balaban J connectivity index is 1.49. The number of amides is 2. The van der Waals surface area contributed by atoms with Crippen molar-refractivity contribution in [2.24, 2.45) is 0 Å². The molecule has 0 aliphatic carbocycles. The average molecular weight is 376 g/mol. The van der Waals surface area contributed by atoms with Gasteiger partial charge in [-0.15, -0.1) is 0 Å². The summed E-state index contributed by atoms with van der Waals surface area (Å²) in [6.45, 7) is 0. The summed E-state index contributed by atoms with van der Waals surface area (Å²) in [4.78, 5) is 46.7. The van der Waals surface area contributed by atoms with Gasteiger partial charge in [-0.05, 0) is 48.5 Å². The van der Waals surface area contributed by atoms with Crippen molar-refractivity contribution in [1.29, 1.82) is 0 Å². The van der Waals surface area contributed by atoms with Gasteiger partial charge in [0.15, 0.2) is 0 Å². The molecule has 0 spiro atoms. The van der Waals surface area contributed by atoms with E-state index >= 15 is 0 Å². The first-order valence-corrected chi connectivity index (χ1v) is 8.18. The zero-order chi connectivity index (χ0) is 19.7. The lowest BCUT2D eigenvalue weighted by Gasteiger charge is -2.08. The minimum atomic E-state index is -0.864. The van der Waals surface area contributed by atoms with Crippen molar-refractivity contribution in [2.75, 3.05) is 10.6 Å². The van der Waals surface area contributed by atoms with Crippen LogP contribution in [0.15, 0.2) is 79.1 Å². The third kappa shape index (κ3) is 3.51.